The van der Waals surface area contributed by atoms with Crippen LogP contribution in [0.25, 0.3) is 0 Å². The number of aliphatic hydroxyl groups excluding tert-OH is 3. The number of hydrogen-bond acceptors (Lipinski definition) is 9. The second-order valence-corrected chi connectivity index (χ2v) is 10.8. The van der Waals surface area contributed by atoms with Gasteiger partial charge in [-0.15, -0.1) is 0 Å². The van der Waals surface area contributed by atoms with E-state index < -0.39 is 53.5 Å². The maximum absolute atomic E-state index is 12.4. The second-order valence-electron chi connectivity index (χ2n) is 10.8. The summed E-state index contributed by atoms with van der Waals surface area (Å²) in [7, 11) is 0. The lowest BCUT2D eigenvalue weighted by Gasteiger charge is -2.45. The minimum absolute atomic E-state index is 0.101. The lowest BCUT2D eigenvalue weighted by atomic mass is 9.81. The fourth-order valence-corrected chi connectivity index (χ4v) is 3.61. The Morgan fingerprint density at radius 3 is 2.19 bits per heavy atom. The Labute approximate surface area is 210 Å². The van der Waals surface area contributed by atoms with Gasteiger partial charge < -0.3 is 40.0 Å². The number of esters is 1. The Kier molecular flexibility index (Phi) is 9.11. The van der Waals surface area contributed by atoms with Crippen molar-refractivity contribution >= 4 is 23.5 Å². The number of aliphatic carboxylic acids is 1. The van der Waals surface area contributed by atoms with Gasteiger partial charge in [-0.3, -0.25) is 14.4 Å². The van der Waals surface area contributed by atoms with Crippen LogP contribution in [0.3, 0.4) is 0 Å². The maximum Gasteiger partial charge on any atom is 0.312 e. The molecule has 1 aliphatic heterocycles. The number of ether oxygens (including phenoxy) is 3. The lowest BCUT2D eigenvalue weighted by Crippen LogP contribution is -2.63. The number of rotatable bonds is 8. The Balaban J connectivity index is 2.36. The molecule has 11 nitrogen and oxygen atoms in total. The highest BCUT2D eigenvalue weighted by molar-refractivity contribution is 5.93. The zero-order chi connectivity index (χ0) is 27.6. The summed E-state index contributed by atoms with van der Waals surface area (Å²) in [5.41, 5.74) is -1.28. The van der Waals surface area contributed by atoms with Crippen LogP contribution in [-0.4, -0.2) is 68.5 Å². The predicted octanol–water partition coefficient (Wildman–Crippen LogP) is 1.67. The van der Waals surface area contributed by atoms with Gasteiger partial charge in [-0.25, -0.2) is 0 Å². The standard InChI is InChI=1S/C25H37NO10/c1-12(2)20(29)26-15-10-14(9-8-13(15)11-34-23(33)24(3,4)5)36-25(6,7)19-16(21(30)31)17(27)18(28)22(32)35-19/h8-10,12,16-19,22,27-28,32H,11H2,1-7H3,(H,26,29)(H,30,31). The molecule has 1 fully saturated rings. The van der Waals surface area contributed by atoms with E-state index in [-0.39, 0.29) is 24.2 Å². The number of carbonyl (C=O) groups is 3. The number of carboxylic acid groups (broad SMARTS) is 1. The van der Waals surface area contributed by atoms with Crippen LogP contribution in [0.1, 0.15) is 54.0 Å². The highest BCUT2D eigenvalue weighted by atomic mass is 16.6. The smallest absolute Gasteiger partial charge is 0.312 e. The molecule has 0 aliphatic carbocycles. The molecule has 5 unspecified atom stereocenters. The van der Waals surface area contributed by atoms with Crippen LogP contribution in [0, 0.1) is 17.3 Å². The number of aliphatic hydroxyl groups is 3. The summed E-state index contributed by atoms with van der Waals surface area (Å²) in [6.07, 6.45) is -6.75. The van der Waals surface area contributed by atoms with E-state index in [2.05, 4.69) is 5.32 Å². The molecule has 2 rings (SSSR count). The third kappa shape index (κ3) is 6.94. The van der Waals surface area contributed by atoms with Crippen molar-refractivity contribution in [1.82, 2.24) is 0 Å². The van der Waals surface area contributed by atoms with Gasteiger partial charge in [-0.1, -0.05) is 13.8 Å². The average Bonchev–Trinajstić information content (AvgIpc) is 2.75. The van der Waals surface area contributed by atoms with Crippen LogP contribution in [0.4, 0.5) is 5.69 Å². The van der Waals surface area contributed by atoms with Crippen molar-refractivity contribution in [3.05, 3.63) is 23.8 Å². The molecule has 0 spiro atoms. The van der Waals surface area contributed by atoms with E-state index in [0.29, 0.717) is 11.3 Å². The molecule has 11 heteroatoms. The minimum atomic E-state index is -1.82. The summed E-state index contributed by atoms with van der Waals surface area (Å²) >= 11 is 0. The van der Waals surface area contributed by atoms with Crippen molar-refractivity contribution in [2.24, 2.45) is 17.3 Å². The molecule has 1 saturated heterocycles. The van der Waals surface area contributed by atoms with E-state index in [4.69, 9.17) is 14.2 Å². The van der Waals surface area contributed by atoms with E-state index >= 15 is 0 Å². The topological polar surface area (TPSA) is 172 Å². The van der Waals surface area contributed by atoms with Crippen molar-refractivity contribution in [3.8, 4) is 5.75 Å². The summed E-state index contributed by atoms with van der Waals surface area (Å²) in [6.45, 7) is 11.5. The molecule has 5 N–H and O–H groups in total. The van der Waals surface area contributed by atoms with E-state index in [0.717, 1.165) is 0 Å². The molecule has 1 aliphatic rings. The molecule has 1 aromatic carbocycles. The number of anilines is 1. The van der Waals surface area contributed by atoms with Gasteiger partial charge in [0.1, 0.15) is 42.2 Å². The Morgan fingerprint density at radius 1 is 1.06 bits per heavy atom. The van der Waals surface area contributed by atoms with E-state index in [1.165, 1.54) is 19.9 Å². The first-order valence-electron chi connectivity index (χ1n) is 11.7. The highest BCUT2D eigenvalue weighted by Crippen LogP contribution is 2.36. The van der Waals surface area contributed by atoms with Crippen LogP contribution >= 0.6 is 0 Å². The van der Waals surface area contributed by atoms with E-state index in [9.17, 15) is 34.8 Å². The molecule has 36 heavy (non-hydrogen) atoms. The summed E-state index contributed by atoms with van der Waals surface area (Å²) in [5, 5.41) is 42.5. The fraction of sp³-hybridized carbons (Fsp3) is 0.640. The molecule has 0 bridgehead atoms. The van der Waals surface area contributed by atoms with Gasteiger partial charge in [0, 0.05) is 17.5 Å². The van der Waals surface area contributed by atoms with E-state index in [1.807, 2.05) is 0 Å². The Hall–Kier alpha value is -2.73. The fourth-order valence-electron chi connectivity index (χ4n) is 3.61. The van der Waals surface area contributed by atoms with Crippen LogP contribution in [0.5, 0.6) is 5.75 Å². The Bertz CT molecular complexity index is 968. The van der Waals surface area contributed by atoms with Crippen molar-refractivity contribution in [2.75, 3.05) is 5.32 Å². The lowest BCUT2D eigenvalue weighted by molar-refractivity contribution is -0.291. The molecule has 1 aromatic rings. The van der Waals surface area contributed by atoms with E-state index in [1.54, 1.807) is 46.8 Å². The predicted molar refractivity (Wildman–Crippen MR) is 128 cm³/mol. The van der Waals surface area contributed by atoms with Gasteiger partial charge in [-0.05, 0) is 46.8 Å². The summed E-state index contributed by atoms with van der Waals surface area (Å²) in [6, 6.07) is 4.65. The van der Waals surface area contributed by atoms with Crippen LogP contribution in [0.15, 0.2) is 18.2 Å². The Morgan fingerprint density at radius 2 is 1.67 bits per heavy atom. The molecule has 0 aromatic heterocycles. The molecule has 1 heterocycles. The molecular formula is C25H37NO10. The quantitative estimate of drug-likeness (QED) is 0.323. The molecule has 202 valence electrons. The normalized spacial score (nSPS) is 24.8. The number of nitrogens with one attached hydrogen (secondary N) is 1. The van der Waals surface area contributed by atoms with Gasteiger partial charge >= 0.3 is 11.9 Å². The highest BCUT2D eigenvalue weighted by Gasteiger charge is 2.54. The van der Waals surface area contributed by atoms with Crippen molar-refractivity contribution in [1.29, 1.82) is 0 Å². The SMILES string of the molecule is CC(C)C(=O)Nc1cc(OC(C)(C)C2OC(O)C(O)C(O)C2C(=O)O)ccc1COC(=O)C(C)(C)C. The first kappa shape index (κ1) is 29.5. The average molecular weight is 512 g/mol. The summed E-state index contributed by atoms with van der Waals surface area (Å²) in [5.74, 6) is -3.84. The van der Waals surface area contributed by atoms with Crippen molar-refractivity contribution in [3.63, 3.8) is 0 Å². The zero-order valence-electron chi connectivity index (χ0n) is 21.6. The maximum atomic E-state index is 12.4. The first-order valence-corrected chi connectivity index (χ1v) is 11.7. The zero-order valence-corrected chi connectivity index (χ0v) is 21.6. The van der Waals surface area contributed by atoms with Gasteiger partial charge in [0.05, 0.1) is 11.1 Å². The summed E-state index contributed by atoms with van der Waals surface area (Å²) in [4.78, 5) is 36.4. The number of carbonyl (C=O) groups excluding carboxylic acids is 2. The molecule has 1 amide bonds. The van der Waals surface area contributed by atoms with Gasteiger partial charge in [-0.2, -0.15) is 0 Å². The number of carboxylic acids is 1. The number of benzene rings is 1. The summed E-state index contributed by atoms with van der Waals surface area (Å²) < 4.78 is 16.7. The third-order valence-corrected chi connectivity index (χ3v) is 5.81. The minimum Gasteiger partial charge on any atom is -0.485 e. The van der Waals surface area contributed by atoms with Crippen LogP contribution < -0.4 is 10.1 Å². The van der Waals surface area contributed by atoms with Gasteiger partial charge in [0.15, 0.2) is 6.29 Å². The second kappa shape index (κ2) is 11.1. The van der Waals surface area contributed by atoms with Crippen LogP contribution in [0.2, 0.25) is 0 Å². The molecule has 0 radical (unpaired) electrons. The van der Waals surface area contributed by atoms with Crippen molar-refractivity contribution < 1.29 is 49.0 Å². The van der Waals surface area contributed by atoms with Gasteiger partial charge in [0.25, 0.3) is 0 Å². The first-order chi connectivity index (χ1) is 16.5. The molecular weight excluding hydrogens is 474 g/mol. The third-order valence-electron chi connectivity index (χ3n) is 5.81. The van der Waals surface area contributed by atoms with Gasteiger partial charge in [0.2, 0.25) is 5.91 Å². The number of hydrogen-bond donors (Lipinski definition) is 5. The van der Waals surface area contributed by atoms with Crippen molar-refractivity contribution in [2.45, 2.75) is 85.3 Å². The molecule has 5 atom stereocenters. The largest absolute Gasteiger partial charge is 0.485 e. The van der Waals surface area contributed by atoms with Crippen LogP contribution in [-0.2, 0) is 30.5 Å². The monoisotopic (exact) mass is 511 g/mol. The number of amides is 1. The molecule has 0 saturated carbocycles.